The van der Waals surface area contributed by atoms with Crippen LogP contribution in [0.3, 0.4) is 0 Å². The maximum Gasteiger partial charge on any atom is 0.240 e. The number of nitrogens with one attached hydrogen (secondary N) is 1. The molecule has 0 aliphatic carbocycles. The van der Waals surface area contributed by atoms with Gasteiger partial charge in [0.05, 0.1) is 5.69 Å². The van der Waals surface area contributed by atoms with Gasteiger partial charge in [-0.2, -0.15) is 5.10 Å². The van der Waals surface area contributed by atoms with Crippen LogP contribution in [0, 0.1) is 0 Å². The number of nitrogens with two attached hydrogens (primary N) is 1. The highest BCUT2D eigenvalue weighted by atomic mass is 32.2. The van der Waals surface area contributed by atoms with Crippen molar-refractivity contribution in [3.05, 3.63) is 41.7 Å². The third kappa shape index (κ3) is 3.34. The van der Waals surface area contributed by atoms with Crippen LogP contribution in [0.25, 0.3) is 0 Å². The molecular formula is C16H20N4O3S. The number of hydrogen-bond acceptors (Lipinski definition) is 5. The minimum atomic E-state index is -3.92. The Morgan fingerprint density at radius 2 is 2.17 bits per heavy atom. The van der Waals surface area contributed by atoms with Gasteiger partial charge in [0.25, 0.3) is 0 Å². The van der Waals surface area contributed by atoms with Crippen LogP contribution in [-0.2, 0) is 10.0 Å². The van der Waals surface area contributed by atoms with E-state index in [1.54, 1.807) is 18.3 Å². The molecule has 0 radical (unpaired) electrons. The molecule has 1 aliphatic rings. The molecule has 24 heavy (non-hydrogen) atoms. The molecule has 1 atom stereocenters. The molecule has 1 aromatic heterocycles. The Kier molecular flexibility index (Phi) is 4.42. The number of hydrogen-bond donors (Lipinski definition) is 2. The molecule has 0 spiro atoms. The average Bonchev–Trinajstić information content (AvgIpc) is 3.08. The molecule has 0 unspecified atom stereocenters. The van der Waals surface area contributed by atoms with Crippen molar-refractivity contribution in [2.75, 3.05) is 18.0 Å². The molecule has 1 saturated heterocycles. The van der Waals surface area contributed by atoms with E-state index in [1.165, 1.54) is 13.0 Å². The van der Waals surface area contributed by atoms with Crippen LogP contribution < -0.4 is 10.0 Å². The van der Waals surface area contributed by atoms with Crippen LogP contribution in [0.4, 0.5) is 5.69 Å². The number of piperidine rings is 1. The molecule has 0 bridgehead atoms. The molecule has 0 saturated carbocycles. The largest absolute Gasteiger partial charge is 0.370 e. The zero-order valence-corrected chi connectivity index (χ0v) is 14.2. The second-order valence-corrected chi connectivity index (χ2v) is 7.61. The second-order valence-electron chi connectivity index (χ2n) is 6.08. The molecule has 0 amide bonds. The van der Waals surface area contributed by atoms with Crippen molar-refractivity contribution in [3.8, 4) is 0 Å². The van der Waals surface area contributed by atoms with Crippen LogP contribution in [0.1, 0.15) is 41.7 Å². The standard InChI is InChI=1S/C16H20N4O3S/c1-11(21)12-4-5-15(16(9-12)24(17,22)23)20-8-2-3-13(10-20)14-6-7-18-19-14/h4-7,9,13H,2-3,8,10H2,1H3,(H,18,19)(H2,17,22,23)/t13-/m0/s1. The van der Waals surface area contributed by atoms with Crippen molar-refractivity contribution < 1.29 is 13.2 Å². The molecular weight excluding hydrogens is 328 g/mol. The summed E-state index contributed by atoms with van der Waals surface area (Å²) in [6.45, 7) is 2.81. The maximum absolute atomic E-state index is 12.0. The van der Waals surface area contributed by atoms with Gasteiger partial charge in [-0.3, -0.25) is 9.89 Å². The first-order chi connectivity index (χ1) is 11.4. The number of H-pyrrole nitrogens is 1. The Bertz CT molecular complexity index is 846. The molecule has 3 rings (SSSR count). The summed E-state index contributed by atoms with van der Waals surface area (Å²) in [6, 6.07) is 6.62. The Balaban J connectivity index is 1.97. The number of anilines is 1. The van der Waals surface area contributed by atoms with Gasteiger partial charge in [0.2, 0.25) is 10.0 Å². The number of ketones is 1. The van der Waals surface area contributed by atoms with Crippen molar-refractivity contribution in [1.82, 2.24) is 10.2 Å². The number of primary sulfonamides is 1. The first-order valence-electron chi connectivity index (χ1n) is 7.78. The summed E-state index contributed by atoms with van der Waals surface area (Å²) in [5.74, 6) is 0.0579. The Morgan fingerprint density at radius 3 is 2.79 bits per heavy atom. The van der Waals surface area contributed by atoms with Gasteiger partial charge in [0.15, 0.2) is 5.78 Å². The Hall–Kier alpha value is -2.19. The second kappa shape index (κ2) is 6.37. The lowest BCUT2D eigenvalue weighted by molar-refractivity contribution is 0.101. The zero-order chi connectivity index (χ0) is 17.3. The highest BCUT2D eigenvalue weighted by Gasteiger charge is 2.26. The molecule has 7 nitrogen and oxygen atoms in total. The number of nitrogens with zero attached hydrogens (tertiary/aromatic N) is 2. The third-order valence-electron chi connectivity index (χ3n) is 4.40. The van der Waals surface area contributed by atoms with Crippen molar-refractivity contribution in [2.24, 2.45) is 5.14 Å². The van der Waals surface area contributed by atoms with Crippen molar-refractivity contribution in [2.45, 2.75) is 30.6 Å². The number of carbonyl (C=O) groups is 1. The van der Waals surface area contributed by atoms with E-state index < -0.39 is 10.0 Å². The molecule has 8 heteroatoms. The lowest BCUT2D eigenvalue weighted by atomic mass is 9.94. The SMILES string of the molecule is CC(=O)c1ccc(N2CCC[C@H](c3ccn[nH]3)C2)c(S(N)(=O)=O)c1. The van der Waals surface area contributed by atoms with Gasteiger partial charge in [-0.05, 0) is 44.0 Å². The van der Waals surface area contributed by atoms with E-state index in [-0.39, 0.29) is 16.6 Å². The lowest BCUT2D eigenvalue weighted by Crippen LogP contribution is -2.35. The summed E-state index contributed by atoms with van der Waals surface area (Å²) in [5.41, 5.74) is 1.92. The molecule has 1 aliphatic heterocycles. The topological polar surface area (TPSA) is 109 Å². The monoisotopic (exact) mass is 348 g/mol. The maximum atomic E-state index is 12.0. The fourth-order valence-electron chi connectivity index (χ4n) is 3.17. The first-order valence-corrected chi connectivity index (χ1v) is 9.33. The summed E-state index contributed by atoms with van der Waals surface area (Å²) in [5, 5.41) is 12.4. The average molecular weight is 348 g/mol. The third-order valence-corrected chi connectivity index (χ3v) is 5.34. The normalized spacial score (nSPS) is 18.6. The van der Waals surface area contributed by atoms with Crippen LogP contribution >= 0.6 is 0 Å². The highest BCUT2D eigenvalue weighted by molar-refractivity contribution is 7.89. The van der Waals surface area contributed by atoms with Gasteiger partial charge in [0, 0.05) is 36.5 Å². The van der Waals surface area contributed by atoms with Gasteiger partial charge < -0.3 is 4.90 Å². The van der Waals surface area contributed by atoms with E-state index in [1.807, 2.05) is 11.0 Å². The predicted molar refractivity (Wildman–Crippen MR) is 90.6 cm³/mol. The van der Waals surface area contributed by atoms with Gasteiger partial charge in [-0.25, -0.2) is 13.6 Å². The number of rotatable bonds is 4. The van der Waals surface area contributed by atoms with Crippen molar-refractivity contribution in [1.29, 1.82) is 0 Å². The number of Topliss-reactive ketones (excluding diaryl/α,β-unsaturated/α-hetero) is 1. The molecule has 128 valence electrons. The quantitative estimate of drug-likeness (QED) is 0.817. The van der Waals surface area contributed by atoms with E-state index >= 15 is 0 Å². The Morgan fingerprint density at radius 1 is 1.38 bits per heavy atom. The van der Waals surface area contributed by atoms with E-state index in [9.17, 15) is 13.2 Å². The van der Waals surface area contributed by atoms with Crippen molar-refractivity contribution in [3.63, 3.8) is 0 Å². The van der Waals surface area contributed by atoms with Crippen LogP contribution in [0.5, 0.6) is 0 Å². The highest BCUT2D eigenvalue weighted by Crippen LogP contribution is 2.32. The molecule has 2 aromatic rings. The van der Waals surface area contributed by atoms with Gasteiger partial charge in [-0.1, -0.05) is 0 Å². The number of sulfonamides is 1. The number of aromatic amines is 1. The summed E-state index contributed by atoms with van der Waals surface area (Å²) < 4.78 is 24.0. The molecule has 3 N–H and O–H groups in total. The van der Waals surface area contributed by atoms with E-state index in [0.717, 1.165) is 25.1 Å². The molecule has 2 heterocycles. The lowest BCUT2D eigenvalue weighted by Gasteiger charge is -2.35. The minimum absolute atomic E-state index is 0.000427. The number of aromatic nitrogens is 2. The summed E-state index contributed by atoms with van der Waals surface area (Å²) in [6.07, 6.45) is 3.66. The molecule has 1 aromatic carbocycles. The summed E-state index contributed by atoms with van der Waals surface area (Å²) in [7, 11) is -3.92. The molecule has 1 fully saturated rings. The minimum Gasteiger partial charge on any atom is -0.370 e. The predicted octanol–water partition coefficient (Wildman–Crippen LogP) is 1.64. The smallest absolute Gasteiger partial charge is 0.240 e. The fourth-order valence-corrected chi connectivity index (χ4v) is 3.95. The van der Waals surface area contributed by atoms with Gasteiger partial charge in [-0.15, -0.1) is 0 Å². The van der Waals surface area contributed by atoms with Gasteiger partial charge in [0.1, 0.15) is 4.90 Å². The number of benzene rings is 1. The van der Waals surface area contributed by atoms with E-state index in [0.29, 0.717) is 17.8 Å². The number of carbonyl (C=O) groups excluding carboxylic acids is 1. The van der Waals surface area contributed by atoms with Crippen LogP contribution in [-0.4, -0.2) is 37.5 Å². The first kappa shape index (κ1) is 16.7. The van der Waals surface area contributed by atoms with Crippen molar-refractivity contribution >= 4 is 21.5 Å². The fraction of sp³-hybridized carbons (Fsp3) is 0.375. The van der Waals surface area contributed by atoms with E-state index in [4.69, 9.17) is 5.14 Å². The zero-order valence-electron chi connectivity index (χ0n) is 13.4. The van der Waals surface area contributed by atoms with Gasteiger partial charge >= 0.3 is 0 Å². The summed E-state index contributed by atoms with van der Waals surface area (Å²) >= 11 is 0. The van der Waals surface area contributed by atoms with Crippen LogP contribution in [0.15, 0.2) is 35.4 Å². The Labute approximate surface area is 140 Å². The van der Waals surface area contributed by atoms with E-state index in [2.05, 4.69) is 10.2 Å². The summed E-state index contributed by atoms with van der Waals surface area (Å²) in [4.78, 5) is 13.6. The van der Waals surface area contributed by atoms with Crippen LogP contribution in [0.2, 0.25) is 0 Å².